The average Bonchev–Trinajstić information content (AvgIpc) is 2.64. The van der Waals surface area contributed by atoms with Crippen molar-refractivity contribution in [2.45, 2.75) is 13.8 Å². The maximum absolute atomic E-state index is 9.02. The summed E-state index contributed by atoms with van der Waals surface area (Å²) in [5, 5.41) is 9.02. The Labute approximate surface area is 88.6 Å². The van der Waals surface area contributed by atoms with E-state index >= 15 is 0 Å². The number of nitriles is 1. The molecule has 3 heteroatoms. The van der Waals surface area contributed by atoms with Crippen LogP contribution >= 0.6 is 0 Å². The van der Waals surface area contributed by atoms with Gasteiger partial charge in [-0.25, -0.2) is 4.98 Å². The van der Waals surface area contributed by atoms with E-state index in [0.29, 0.717) is 5.56 Å². The molecule has 2 rings (SSSR count). The maximum Gasteiger partial charge on any atom is 0.110 e. The lowest BCUT2D eigenvalue weighted by Gasteiger charge is -2.07. The zero-order valence-electron chi connectivity index (χ0n) is 8.73. The fourth-order valence-corrected chi connectivity index (χ4v) is 1.57. The van der Waals surface area contributed by atoms with Gasteiger partial charge < -0.3 is 4.57 Å². The van der Waals surface area contributed by atoms with Crippen molar-refractivity contribution in [3.63, 3.8) is 0 Å². The van der Waals surface area contributed by atoms with E-state index < -0.39 is 0 Å². The molecule has 0 aliphatic rings. The van der Waals surface area contributed by atoms with E-state index in [0.717, 1.165) is 17.1 Å². The SMILES string of the molecule is Cc1ccc(C#N)c(-n2ccnc2C)c1. The molecule has 0 spiro atoms. The summed E-state index contributed by atoms with van der Waals surface area (Å²) in [5.41, 5.74) is 2.70. The highest BCUT2D eigenvalue weighted by molar-refractivity contribution is 5.51. The third kappa shape index (κ3) is 1.62. The smallest absolute Gasteiger partial charge is 0.110 e. The standard InChI is InChI=1S/C12H11N3/c1-9-3-4-11(8-13)12(7-9)15-6-5-14-10(15)2/h3-7H,1-2H3. The zero-order chi connectivity index (χ0) is 10.8. The lowest BCUT2D eigenvalue weighted by atomic mass is 10.1. The van der Waals surface area contributed by atoms with Crippen LogP contribution in [-0.2, 0) is 0 Å². The molecule has 0 radical (unpaired) electrons. The van der Waals surface area contributed by atoms with Crippen molar-refractivity contribution in [2.75, 3.05) is 0 Å². The summed E-state index contributed by atoms with van der Waals surface area (Å²) in [4.78, 5) is 4.15. The van der Waals surface area contributed by atoms with Crippen LogP contribution in [-0.4, -0.2) is 9.55 Å². The fraction of sp³-hybridized carbons (Fsp3) is 0.167. The number of aryl methyl sites for hydroxylation is 2. The van der Waals surface area contributed by atoms with Gasteiger partial charge in [0.25, 0.3) is 0 Å². The van der Waals surface area contributed by atoms with Crippen molar-refractivity contribution in [3.8, 4) is 11.8 Å². The molecule has 0 saturated heterocycles. The Kier molecular flexibility index (Phi) is 2.26. The lowest BCUT2D eigenvalue weighted by Crippen LogP contribution is -1.99. The van der Waals surface area contributed by atoms with E-state index in [1.165, 1.54) is 0 Å². The number of nitrogens with zero attached hydrogens (tertiary/aromatic N) is 3. The molecule has 0 N–H and O–H groups in total. The second-order valence-electron chi connectivity index (χ2n) is 3.48. The first kappa shape index (κ1) is 9.47. The van der Waals surface area contributed by atoms with Gasteiger partial charge in [-0.3, -0.25) is 0 Å². The van der Waals surface area contributed by atoms with Crippen LogP contribution < -0.4 is 0 Å². The molecule has 0 aliphatic carbocycles. The lowest BCUT2D eigenvalue weighted by molar-refractivity contribution is 0.968. The minimum Gasteiger partial charge on any atom is -0.303 e. The second kappa shape index (κ2) is 3.58. The highest BCUT2D eigenvalue weighted by Gasteiger charge is 2.06. The van der Waals surface area contributed by atoms with Crippen LogP contribution in [0.5, 0.6) is 0 Å². The number of hydrogen-bond donors (Lipinski definition) is 0. The van der Waals surface area contributed by atoms with Crippen molar-refractivity contribution >= 4 is 0 Å². The van der Waals surface area contributed by atoms with Gasteiger partial charge in [0.1, 0.15) is 11.9 Å². The van der Waals surface area contributed by atoms with Gasteiger partial charge in [0.2, 0.25) is 0 Å². The van der Waals surface area contributed by atoms with Crippen molar-refractivity contribution < 1.29 is 0 Å². The van der Waals surface area contributed by atoms with Crippen LogP contribution in [0.25, 0.3) is 5.69 Å². The highest BCUT2D eigenvalue weighted by Crippen LogP contribution is 2.17. The first-order valence-electron chi connectivity index (χ1n) is 4.73. The first-order valence-corrected chi connectivity index (χ1v) is 4.73. The van der Waals surface area contributed by atoms with E-state index in [-0.39, 0.29) is 0 Å². The molecule has 2 aromatic rings. The molecule has 0 unspecified atom stereocenters. The fourth-order valence-electron chi connectivity index (χ4n) is 1.57. The number of benzene rings is 1. The largest absolute Gasteiger partial charge is 0.303 e. The Morgan fingerprint density at radius 3 is 2.73 bits per heavy atom. The van der Waals surface area contributed by atoms with Crippen LogP contribution in [0, 0.1) is 25.2 Å². The molecule has 15 heavy (non-hydrogen) atoms. The van der Waals surface area contributed by atoms with Crippen molar-refractivity contribution in [3.05, 3.63) is 47.5 Å². The molecule has 3 nitrogen and oxygen atoms in total. The van der Waals surface area contributed by atoms with Gasteiger partial charge in [0.15, 0.2) is 0 Å². The van der Waals surface area contributed by atoms with Crippen molar-refractivity contribution in [2.24, 2.45) is 0 Å². The molecule has 1 aromatic heterocycles. The Balaban J connectivity index is 2.67. The van der Waals surface area contributed by atoms with Gasteiger partial charge in [0.05, 0.1) is 11.3 Å². The summed E-state index contributed by atoms with van der Waals surface area (Å²) in [6.07, 6.45) is 3.60. The van der Waals surface area contributed by atoms with Gasteiger partial charge in [-0.1, -0.05) is 6.07 Å². The monoisotopic (exact) mass is 197 g/mol. The van der Waals surface area contributed by atoms with Gasteiger partial charge in [-0.15, -0.1) is 0 Å². The van der Waals surface area contributed by atoms with Gasteiger partial charge in [0, 0.05) is 12.4 Å². The van der Waals surface area contributed by atoms with Crippen LogP contribution in [0.15, 0.2) is 30.6 Å². The summed E-state index contributed by atoms with van der Waals surface area (Å²) in [7, 11) is 0. The Morgan fingerprint density at radius 1 is 1.33 bits per heavy atom. The third-order valence-corrected chi connectivity index (χ3v) is 2.36. The molecule has 0 bridgehead atoms. The van der Waals surface area contributed by atoms with Crippen LogP contribution in [0.3, 0.4) is 0 Å². The Hall–Kier alpha value is -2.08. The number of imidazole rings is 1. The Bertz CT molecular complexity index is 532. The molecule has 1 heterocycles. The number of hydrogen-bond acceptors (Lipinski definition) is 2. The van der Waals surface area contributed by atoms with E-state index in [9.17, 15) is 0 Å². The molecular formula is C12H11N3. The van der Waals surface area contributed by atoms with E-state index in [4.69, 9.17) is 5.26 Å². The molecule has 0 amide bonds. The van der Waals surface area contributed by atoms with Crippen LogP contribution in [0.2, 0.25) is 0 Å². The minimum absolute atomic E-state index is 0.668. The minimum atomic E-state index is 0.668. The van der Waals surface area contributed by atoms with Crippen LogP contribution in [0.4, 0.5) is 0 Å². The van der Waals surface area contributed by atoms with Crippen molar-refractivity contribution in [1.29, 1.82) is 5.26 Å². The summed E-state index contributed by atoms with van der Waals surface area (Å²) in [6.45, 7) is 3.93. The summed E-state index contributed by atoms with van der Waals surface area (Å²) >= 11 is 0. The normalized spacial score (nSPS) is 9.93. The molecule has 0 aliphatic heterocycles. The average molecular weight is 197 g/mol. The third-order valence-electron chi connectivity index (χ3n) is 2.36. The Morgan fingerprint density at radius 2 is 2.13 bits per heavy atom. The first-order chi connectivity index (χ1) is 7.22. The molecule has 0 saturated carbocycles. The highest BCUT2D eigenvalue weighted by atomic mass is 15.1. The van der Waals surface area contributed by atoms with Crippen molar-refractivity contribution in [1.82, 2.24) is 9.55 Å². The molecule has 74 valence electrons. The van der Waals surface area contributed by atoms with E-state index in [1.807, 2.05) is 42.8 Å². The van der Waals surface area contributed by atoms with Gasteiger partial charge in [-0.05, 0) is 31.5 Å². The topological polar surface area (TPSA) is 41.6 Å². The summed E-state index contributed by atoms with van der Waals surface area (Å²) in [5.74, 6) is 0.886. The molecule has 1 aromatic carbocycles. The maximum atomic E-state index is 9.02. The molecule has 0 fully saturated rings. The number of rotatable bonds is 1. The van der Waals surface area contributed by atoms with Crippen LogP contribution in [0.1, 0.15) is 17.0 Å². The molecule has 0 atom stereocenters. The quantitative estimate of drug-likeness (QED) is 0.704. The molecular weight excluding hydrogens is 186 g/mol. The number of aromatic nitrogens is 2. The van der Waals surface area contributed by atoms with Gasteiger partial charge in [-0.2, -0.15) is 5.26 Å². The zero-order valence-corrected chi connectivity index (χ0v) is 8.73. The van der Waals surface area contributed by atoms with E-state index in [2.05, 4.69) is 11.1 Å². The predicted molar refractivity (Wildman–Crippen MR) is 57.8 cm³/mol. The summed E-state index contributed by atoms with van der Waals surface area (Å²) in [6, 6.07) is 7.96. The van der Waals surface area contributed by atoms with E-state index in [1.54, 1.807) is 6.20 Å². The van der Waals surface area contributed by atoms with Gasteiger partial charge >= 0.3 is 0 Å². The second-order valence-corrected chi connectivity index (χ2v) is 3.48. The predicted octanol–water partition coefficient (Wildman–Crippen LogP) is 2.36. The summed E-state index contributed by atoms with van der Waals surface area (Å²) < 4.78 is 1.92.